The van der Waals surface area contributed by atoms with Gasteiger partial charge in [-0.25, -0.2) is 0 Å². The molecule has 0 aliphatic heterocycles. The van der Waals surface area contributed by atoms with Gasteiger partial charge in [0.25, 0.3) is 0 Å². The molecular formula is C17H13ClFeN2O. The van der Waals surface area contributed by atoms with Crippen LogP contribution in [0.25, 0.3) is 10.6 Å². The molecule has 0 aromatic heterocycles. The number of carbonyl (C=O) groups is 1. The first-order valence-electron chi connectivity index (χ1n) is 6.36. The summed E-state index contributed by atoms with van der Waals surface area (Å²) in [5.41, 5.74) is 0.435. The Hall–Kier alpha value is -0.701. The molecule has 0 unspecified atom stereocenters. The van der Waals surface area contributed by atoms with Crippen LogP contribution in [-0.2, 0) is 17.1 Å². The van der Waals surface area contributed by atoms with E-state index in [1.54, 1.807) is 37.1 Å². The molecule has 1 aromatic rings. The standard InChI is InChI=1S/C12H9ClN2O.C5H5.Fe/c13-10-7-3-4-8-11(10)15-12(16)14-9-5-1-2-6-9;1-2-4-5-3-1;/h1-8H,(H-,14,15,16);1-5H;/q-1;;+2/p-1. The number of benzene rings is 1. The number of halogens is 1. The Kier molecular flexibility index (Phi) is 9.61. The van der Waals surface area contributed by atoms with E-state index < -0.39 is 6.03 Å². The third kappa shape index (κ3) is 7.04. The van der Waals surface area contributed by atoms with E-state index in [-0.39, 0.29) is 17.1 Å². The largest absolute Gasteiger partial charge is 2.00 e. The number of urea groups is 1. The topological polar surface area (TPSA) is 45.3 Å². The summed E-state index contributed by atoms with van der Waals surface area (Å²) in [5.74, 6) is 0. The zero-order valence-corrected chi connectivity index (χ0v) is 13.4. The second-order valence-corrected chi connectivity index (χ2v) is 4.47. The first-order chi connectivity index (χ1) is 10.3. The molecule has 10 radical (unpaired) electrons. The summed E-state index contributed by atoms with van der Waals surface area (Å²) in [7, 11) is 0. The van der Waals surface area contributed by atoms with Crippen molar-refractivity contribution in [3.8, 4) is 0 Å². The Bertz CT molecular complexity index is 438. The van der Waals surface area contributed by atoms with Crippen LogP contribution >= 0.6 is 11.6 Å². The predicted molar refractivity (Wildman–Crippen MR) is 85.2 cm³/mol. The molecule has 2 amide bonds. The molecule has 1 aromatic carbocycles. The maximum Gasteiger partial charge on any atom is 2.00 e. The molecule has 22 heavy (non-hydrogen) atoms. The molecule has 0 atom stereocenters. The Morgan fingerprint density at radius 2 is 1.36 bits per heavy atom. The minimum Gasteiger partial charge on any atom is -0.664 e. The molecule has 3 rings (SSSR count). The Balaban J connectivity index is 0.000000344. The van der Waals surface area contributed by atoms with Crippen LogP contribution in [0.4, 0.5) is 10.5 Å². The van der Waals surface area contributed by atoms with Crippen molar-refractivity contribution in [2.75, 3.05) is 0 Å². The Morgan fingerprint density at radius 1 is 0.818 bits per heavy atom. The van der Waals surface area contributed by atoms with Crippen molar-refractivity contribution < 1.29 is 21.9 Å². The van der Waals surface area contributed by atoms with Crippen LogP contribution in [0.2, 0.25) is 5.02 Å². The van der Waals surface area contributed by atoms with Crippen molar-refractivity contribution in [3.05, 3.63) is 104 Å². The van der Waals surface area contributed by atoms with Crippen LogP contribution in [0.15, 0.2) is 24.3 Å². The summed E-state index contributed by atoms with van der Waals surface area (Å²) < 4.78 is 0. The van der Waals surface area contributed by atoms with Crippen molar-refractivity contribution in [2.45, 2.75) is 0 Å². The van der Waals surface area contributed by atoms with Gasteiger partial charge in [-0.05, 0) is 69.9 Å². The van der Waals surface area contributed by atoms with Gasteiger partial charge in [-0.15, -0.1) is 11.7 Å². The Labute approximate surface area is 149 Å². The van der Waals surface area contributed by atoms with E-state index in [0.717, 1.165) is 0 Å². The molecule has 2 aliphatic rings. The molecule has 2 fully saturated rings. The maximum absolute atomic E-state index is 11.4. The van der Waals surface area contributed by atoms with Gasteiger partial charge in [0.15, 0.2) is 0 Å². The molecule has 0 saturated heterocycles. The molecule has 0 spiro atoms. The van der Waals surface area contributed by atoms with Crippen molar-refractivity contribution >= 4 is 23.3 Å². The predicted octanol–water partition coefficient (Wildman–Crippen LogP) is 5.22. The van der Waals surface area contributed by atoms with Crippen LogP contribution in [-0.4, -0.2) is 6.03 Å². The molecule has 112 valence electrons. The van der Waals surface area contributed by atoms with Gasteiger partial charge in [-0.3, -0.25) is 0 Å². The molecule has 3 nitrogen and oxygen atoms in total. The number of para-hydroxylation sites is 1. The quantitative estimate of drug-likeness (QED) is 0.673. The van der Waals surface area contributed by atoms with Gasteiger partial charge in [0.05, 0.1) is 0 Å². The third-order valence-corrected chi connectivity index (χ3v) is 2.81. The average molecular weight is 353 g/mol. The van der Waals surface area contributed by atoms with E-state index in [1.807, 2.05) is 44.9 Å². The SMILES string of the molecule is O=C([N-][C]1[CH][CH][CH][CH]1)[N-]c1ccccc1Cl.[CH]1[CH][CH][CH][CH]1.[Fe+2]. The van der Waals surface area contributed by atoms with E-state index in [0.29, 0.717) is 16.8 Å². The van der Waals surface area contributed by atoms with Gasteiger partial charge in [-0.1, -0.05) is 29.8 Å². The summed E-state index contributed by atoms with van der Waals surface area (Å²) in [6.45, 7) is 0. The number of nitrogens with zero attached hydrogens (tertiary/aromatic N) is 2. The number of amides is 2. The van der Waals surface area contributed by atoms with Gasteiger partial charge in [0.2, 0.25) is 0 Å². The van der Waals surface area contributed by atoms with Gasteiger partial charge in [-0.2, -0.15) is 0 Å². The fourth-order valence-corrected chi connectivity index (χ4v) is 1.72. The minimum absolute atomic E-state index is 0. The van der Waals surface area contributed by atoms with Gasteiger partial charge >= 0.3 is 17.1 Å². The van der Waals surface area contributed by atoms with E-state index in [2.05, 4.69) is 10.6 Å². The van der Waals surface area contributed by atoms with Crippen molar-refractivity contribution in [1.82, 2.24) is 0 Å². The van der Waals surface area contributed by atoms with Crippen LogP contribution < -0.4 is 0 Å². The number of rotatable bonds is 2. The summed E-state index contributed by atoms with van der Waals surface area (Å²) >= 11 is 5.86. The number of carbonyl (C=O) groups excluding carboxylic acids is 1. The molecule has 0 heterocycles. The van der Waals surface area contributed by atoms with E-state index in [4.69, 9.17) is 11.6 Å². The Morgan fingerprint density at radius 3 is 1.91 bits per heavy atom. The van der Waals surface area contributed by atoms with Gasteiger partial charge in [0, 0.05) is 5.02 Å². The zero-order chi connectivity index (χ0) is 14.9. The molecule has 5 heteroatoms. The normalized spacial score (nSPS) is 17.1. The summed E-state index contributed by atoms with van der Waals surface area (Å²) in [4.78, 5) is 11.4. The number of hydrogen-bond donors (Lipinski definition) is 0. The average Bonchev–Trinajstić information content (AvgIpc) is 3.16. The van der Waals surface area contributed by atoms with Crippen LogP contribution in [0.1, 0.15) is 0 Å². The molecule has 2 saturated carbocycles. The first kappa shape index (κ1) is 19.3. The second-order valence-electron chi connectivity index (χ2n) is 4.06. The monoisotopic (exact) mass is 352 g/mol. The summed E-state index contributed by atoms with van der Waals surface area (Å²) in [6, 6.07) is 6.93. The maximum atomic E-state index is 11.4. The smallest absolute Gasteiger partial charge is 0.664 e. The molecular weight excluding hydrogens is 339 g/mol. The van der Waals surface area contributed by atoms with Crippen molar-refractivity contribution in [1.29, 1.82) is 0 Å². The molecule has 0 bridgehead atoms. The van der Waals surface area contributed by atoms with Crippen LogP contribution in [0, 0.1) is 63.8 Å². The fourth-order valence-electron chi connectivity index (χ4n) is 1.54. The fraction of sp³-hybridized carbons (Fsp3) is 0. The van der Waals surface area contributed by atoms with Crippen LogP contribution in [0.5, 0.6) is 0 Å². The number of hydrogen-bond acceptors (Lipinski definition) is 1. The zero-order valence-electron chi connectivity index (χ0n) is 11.5. The molecule has 0 N–H and O–H groups in total. The van der Waals surface area contributed by atoms with Crippen molar-refractivity contribution in [2.24, 2.45) is 0 Å². The van der Waals surface area contributed by atoms with Gasteiger partial charge in [0.1, 0.15) is 0 Å². The summed E-state index contributed by atoms with van der Waals surface area (Å²) in [6.07, 6.45) is 17.1. The van der Waals surface area contributed by atoms with E-state index in [1.165, 1.54) is 0 Å². The van der Waals surface area contributed by atoms with Crippen LogP contribution in [0.3, 0.4) is 0 Å². The summed E-state index contributed by atoms with van der Waals surface area (Å²) in [5, 5.41) is 8.03. The third-order valence-electron chi connectivity index (χ3n) is 2.49. The second kappa shape index (κ2) is 10.9. The van der Waals surface area contributed by atoms with E-state index >= 15 is 0 Å². The minimum atomic E-state index is -0.556. The first-order valence-corrected chi connectivity index (χ1v) is 6.74. The van der Waals surface area contributed by atoms with Gasteiger partial charge < -0.3 is 15.4 Å². The van der Waals surface area contributed by atoms with Crippen molar-refractivity contribution in [3.63, 3.8) is 0 Å². The molecule has 2 aliphatic carbocycles. The van der Waals surface area contributed by atoms with E-state index in [9.17, 15) is 4.79 Å².